The topological polar surface area (TPSA) is 66.5 Å². The Morgan fingerprint density at radius 3 is 2.36 bits per heavy atom. The van der Waals surface area contributed by atoms with E-state index in [1.54, 1.807) is 12.1 Å². The minimum absolute atomic E-state index is 0.0293. The van der Waals surface area contributed by atoms with E-state index in [1.165, 1.54) is 18.4 Å². The molecule has 0 radical (unpaired) electrons. The molecule has 36 heavy (non-hydrogen) atoms. The lowest BCUT2D eigenvalue weighted by atomic mass is 9.79. The number of rotatable bonds is 6. The number of alkyl halides is 3. The van der Waals surface area contributed by atoms with Crippen LogP contribution in [-0.2, 0) is 28.9 Å². The normalized spacial score (nSPS) is 18.8. The van der Waals surface area contributed by atoms with Gasteiger partial charge in [-0.05, 0) is 73.6 Å². The first kappa shape index (κ1) is 26.7. The van der Waals surface area contributed by atoms with Crippen molar-refractivity contribution in [3.8, 4) is 0 Å². The fraction of sp³-hybridized carbons (Fsp3) is 0.519. The Hall–Kier alpha value is -2.39. The molecule has 0 unspecified atom stereocenters. The van der Waals surface area contributed by atoms with Crippen molar-refractivity contribution >= 4 is 15.7 Å². The van der Waals surface area contributed by atoms with E-state index in [4.69, 9.17) is 0 Å². The molecular formula is C27H33F3N2O3S. The third kappa shape index (κ3) is 6.48. The van der Waals surface area contributed by atoms with E-state index in [0.717, 1.165) is 94.3 Å². The molecule has 1 fully saturated rings. The zero-order valence-electron chi connectivity index (χ0n) is 20.5. The average Bonchev–Trinajstić information content (AvgIpc) is 3.04. The largest absolute Gasteiger partial charge is 0.416 e. The molecule has 196 valence electrons. The number of halogens is 3. The maximum atomic E-state index is 13.1. The molecule has 2 aromatic carbocycles. The number of carbonyl (C=O) groups excluding carboxylic acids is 1. The van der Waals surface area contributed by atoms with Crippen molar-refractivity contribution < 1.29 is 26.4 Å². The highest BCUT2D eigenvalue weighted by Crippen LogP contribution is 2.33. The van der Waals surface area contributed by atoms with E-state index < -0.39 is 33.0 Å². The van der Waals surface area contributed by atoms with E-state index in [1.807, 2.05) is 6.07 Å². The molecule has 0 bridgehead atoms. The monoisotopic (exact) mass is 522 g/mol. The summed E-state index contributed by atoms with van der Waals surface area (Å²) in [6.07, 6.45) is 3.68. The van der Waals surface area contributed by atoms with Gasteiger partial charge in [0.15, 0.2) is 9.84 Å². The van der Waals surface area contributed by atoms with Gasteiger partial charge < -0.3 is 10.2 Å². The van der Waals surface area contributed by atoms with Crippen LogP contribution in [0.25, 0.3) is 0 Å². The number of amides is 1. The Bertz CT molecular complexity index is 1200. The van der Waals surface area contributed by atoms with Gasteiger partial charge in [0.25, 0.3) is 5.91 Å². The van der Waals surface area contributed by atoms with Crippen LogP contribution in [0.3, 0.4) is 0 Å². The highest BCUT2D eigenvalue weighted by Gasteiger charge is 2.35. The van der Waals surface area contributed by atoms with Gasteiger partial charge in [-0.25, -0.2) is 8.42 Å². The Morgan fingerprint density at radius 1 is 1.00 bits per heavy atom. The minimum Gasteiger partial charge on any atom is -0.347 e. The first-order valence-electron chi connectivity index (χ1n) is 12.5. The molecule has 0 aromatic heterocycles. The smallest absolute Gasteiger partial charge is 0.347 e. The Balaban J connectivity index is 1.43. The fourth-order valence-corrected chi connectivity index (χ4v) is 6.06. The fourth-order valence-electron chi connectivity index (χ4n) is 5.39. The zero-order valence-corrected chi connectivity index (χ0v) is 21.4. The van der Waals surface area contributed by atoms with Gasteiger partial charge in [0.2, 0.25) is 0 Å². The Morgan fingerprint density at radius 2 is 1.69 bits per heavy atom. The summed E-state index contributed by atoms with van der Waals surface area (Å²) in [5.41, 5.74) is 0.991. The molecule has 0 spiro atoms. The van der Waals surface area contributed by atoms with Crippen LogP contribution in [0.1, 0.15) is 65.6 Å². The van der Waals surface area contributed by atoms with Crippen molar-refractivity contribution in [3.63, 3.8) is 0 Å². The molecule has 0 atom stereocenters. The van der Waals surface area contributed by atoms with Crippen LogP contribution in [0.5, 0.6) is 0 Å². The number of hydrogen-bond donors (Lipinski definition) is 1. The lowest BCUT2D eigenvalue weighted by Gasteiger charge is -2.39. The zero-order chi connectivity index (χ0) is 26.0. The van der Waals surface area contributed by atoms with Crippen LogP contribution < -0.4 is 5.32 Å². The summed E-state index contributed by atoms with van der Waals surface area (Å²) in [5, 5.41) is 3.12. The molecule has 2 aliphatic rings. The lowest BCUT2D eigenvalue weighted by molar-refractivity contribution is -0.137. The molecule has 4 rings (SSSR count). The molecule has 1 N–H and O–H groups in total. The predicted octanol–water partition coefficient (Wildman–Crippen LogP) is 5.03. The summed E-state index contributed by atoms with van der Waals surface area (Å²) < 4.78 is 63.3. The molecule has 9 heteroatoms. The first-order chi connectivity index (χ1) is 17.0. The maximum absolute atomic E-state index is 13.1. The molecule has 1 aliphatic heterocycles. The first-order valence-corrected chi connectivity index (χ1v) is 14.4. The highest BCUT2D eigenvalue weighted by molar-refractivity contribution is 7.90. The van der Waals surface area contributed by atoms with Gasteiger partial charge in [0.05, 0.1) is 10.5 Å². The van der Waals surface area contributed by atoms with Gasteiger partial charge in [-0.1, -0.05) is 31.4 Å². The third-order valence-corrected chi connectivity index (χ3v) is 8.66. The number of nitrogens with one attached hydrogen (secondary N) is 1. The summed E-state index contributed by atoms with van der Waals surface area (Å²) in [6.45, 7) is 2.39. The van der Waals surface area contributed by atoms with E-state index in [9.17, 15) is 26.4 Å². The summed E-state index contributed by atoms with van der Waals surface area (Å²) in [5.74, 6) is -0.459. The molecule has 0 saturated heterocycles. The number of benzene rings is 2. The van der Waals surface area contributed by atoms with Gasteiger partial charge in [-0.2, -0.15) is 13.2 Å². The van der Waals surface area contributed by atoms with Crippen LogP contribution in [0, 0.1) is 0 Å². The summed E-state index contributed by atoms with van der Waals surface area (Å²) in [7, 11) is -3.26. The van der Waals surface area contributed by atoms with Crippen molar-refractivity contribution in [1.82, 2.24) is 10.2 Å². The molecule has 1 amide bonds. The molecule has 5 nitrogen and oxygen atoms in total. The lowest BCUT2D eigenvalue weighted by Crippen LogP contribution is -2.51. The van der Waals surface area contributed by atoms with Gasteiger partial charge >= 0.3 is 6.18 Å². The summed E-state index contributed by atoms with van der Waals surface area (Å²) >= 11 is 0. The second kappa shape index (κ2) is 10.5. The van der Waals surface area contributed by atoms with E-state index in [2.05, 4.69) is 10.2 Å². The number of fused-ring (bicyclic) bond motifs is 1. The summed E-state index contributed by atoms with van der Waals surface area (Å²) in [4.78, 5) is 15.7. The van der Waals surface area contributed by atoms with Crippen LogP contribution in [0.15, 0.2) is 47.4 Å². The van der Waals surface area contributed by atoms with Crippen LogP contribution in [0.4, 0.5) is 13.2 Å². The van der Waals surface area contributed by atoms with E-state index in [-0.39, 0.29) is 5.56 Å². The van der Waals surface area contributed by atoms with Gasteiger partial charge in [0, 0.05) is 37.0 Å². The van der Waals surface area contributed by atoms with Gasteiger partial charge in [0.1, 0.15) is 0 Å². The summed E-state index contributed by atoms with van der Waals surface area (Å²) in [6, 6.07) is 9.96. The van der Waals surface area contributed by atoms with Crippen molar-refractivity contribution in [2.24, 2.45) is 0 Å². The minimum atomic E-state index is -4.49. The Kier molecular flexibility index (Phi) is 7.80. The molecule has 1 heterocycles. The average molecular weight is 523 g/mol. The second-order valence-electron chi connectivity index (χ2n) is 10.2. The number of sulfone groups is 1. The number of hydrogen-bond acceptors (Lipinski definition) is 4. The molecule has 2 aromatic rings. The van der Waals surface area contributed by atoms with Gasteiger partial charge in [-0.15, -0.1) is 0 Å². The molecular weight excluding hydrogens is 489 g/mol. The highest BCUT2D eigenvalue weighted by atomic mass is 32.2. The Labute approximate surface area is 211 Å². The van der Waals surface area contributed by atoms with Crippen molar-refractivity contribution in [3.05, 3.63) is 64.7 Å². The van der Waals surface area contributed by atoms with Crippen molar-refractivity contribution in [2.45, 2.75) is 68.0 Å². The molecule has 1 aliphatic carbocycles. The van der Waals surface area contributed by atoms with E-state index in [0.29, 0.717) is 4.90 Å². The third-order valence-electron chi connectivity index (χ3n) is 7.55. The second-order valence-corrected chi connectivity index (χ2v) is 12.2. The number of nitrogens with zero attached hydrogens (tertiary/aromatic N) is 1. The van der Waals surface area contributed by atoms with Crippen molar-refractivity contribution in [1.29, 1.82) is 0 Å². The van der Waals surface area contributed by atoms with E-state index >= 15 is 0 Å². The SMILES string of the molecule is CS(=O)(=O)c1ccc2c(c1)CCN(CCC1(NC(=O)c3cccc(C(F)(F)F)c3)CCCCC1)CC2. The van der Waals surface area contributed by atoms with Gasteiger partial charge in [-0.3, -0.25) is 4.79 Å². The van der Waals surface area contributed by atoms with Crippen molar-refractivity contribution in [2.75, 3.05) is 25.9 Å². The quantitative estimate of drug-likeness (QED) is 0.578. The number of carbonyl (C=O) groups is 1. The molecule has 1 saturated carbocycles. The van der Waals surface area contributed by atoms with Crippen LogP contribution in [0.2, 0.25) is 0 Å². The predicted molar refractivity (Wildman–Crippen MR) is 133 cm³/mol. The standard InChI is InChI=1S/C27H33F3N2O3S/c1-36(34,35)24-9-8-20-10-15-32(16-11-21(20)19-24)17-14-26(12-3-2-4-13-26)31-25(33)22-6-5-7-23(18-22)27(28,29)30/h5-9,18-19H,2-4,10-17H2,1H3,(H,31,33). The maximum Gasteiger partial charge on any atom is 0.416 e. The van der Waals surface area contributed by atoms with Crippen LogP contribution >= 0.6 is 0 Å². The van der Waals surface area contributed by atoms with Crippen LogP contribution in [-0.4, -0.2) is 50.7 Å².